The first kappa shape index (κ1) is 22.8. The van der Waals surface area contributed by atoms with Gasteiger partial charge in [0.2, 0.25) is 5.78 Å². The fourth-order valence-electron chi connectivity index (χ4n) is 3.66. The van der Waals surface area contributed by atoms with Crippen molar-refractivity contribution in [3.05, 3.63) is 50.7 Å². The third kappa shape index (κ3) is 4.28. The molecule has 0 bridgehead atoms. The number of Topliss-reactive ketones (excluding diaryl/α,β-unsaturated/α-hetero) is 1. The fourth-order valence-corrected chi connectivity index (χ4v) is 4.53. The molecular weight excluding hydrogens is 418 g/mol. The number of aromatic nitrogens is 1. The maximum atomic E-state index is 13.5. The molecule has 9 heteroatoms. The Balaban J connectivity index is 2.13. The van der Waals surface area contributed by atoms with E-state index in [0.717, 1.165) is 5.01 Å². The minimum absolute atomic E-state index is 0.0581. The summed E-state index contributed by atoms with van der Waals surface area (Å²) in [6.45, 7) is 4.48. The molecule has 3 rings (SSSR count). The van der Waals surface area contributed by atoms with Gasteiger partial charge in [-0.25, -0.2) is 4.98 Å². The van der Waals surface area contributed by atoms with Crippen molar-refractivity contribution in [2.45, 2.75) is 19.9 Å². The Labute approximate surface area is 185 Å². The number of aliphatic hydroxyl groups excluding tert-OH is 1. The second kappa shape index (κ2) is 9.07. The van der Waals surface area contributed by atoms with E-state index in [1.165, 1.54) is 30.5 Å². The van der Waals surface area contributed by atoms with E-state index in [1.54, 1.807) is 25.1 Å². The first-order chi connectivity index (χ1) is 14.7. The number of carbonyl (C=O) groups is 2. The summed E-state index contributed by atoms with van der Waals surface area (Å²) in [7, 11) is 6.85. The predicted molar refractivity (Wildman–Crippen MR) is 118 cm³/mol. The van der Waals surface area contributed by atoms with Crippen LogP contribution in [0.1, 0.15) is 32.0 Å². The molecule has 31 heavy (non-hydrogen) atoms. The summed E-state index contributed by atoms with van der Waals surface area (Å²) >= 11 is 1.25. The number of ether oxygens (including phenoxy) is 2. The van der Waals surface area contributed by atoms with E-state index in [0.29, 0.717) is 40.7 Å². The number of rotatable bonds is 8. The average molecular weight is 446 g/mol. The van der Waals surface area contributed by atoms with Gasteiger partial charge in [-0.05, 0) is 45.6 Å². The minimum atomic E-state index is -0.749. The second-order valence-corrected chi connectivity index (χ2v) is 8.76. The lowest BCUT2D eigenvalue weighted by Gasteiger charge is -2.28. The van der Waals surface area contributed by atoms with E-state index in [4.69, 9.17) is 9.47 Å². The van der Waals surface area contributed by atoms with E-state index in [2.05, 4.69) is 4.98 Å². The van der Waals surface area contributed by atoms with Crippen LogP contribution in [0.5, 0.6) is 11.5 Å². The van der Waals surface area contributed by atoms with E-state index in [1.807, 2.05) is 25.9 Å². The van der Waals surface area contributed by atoms with Crippen LogP contribution in [-0.2, 0) is 4.79 Å². The molecule has 1 aromatic carbocycles. The summed E-state index contributed by atoms with van der Waals surface area (Å²) in [5.41, 5.74) is 1.29. The predicted octanol–water partition coefficient (Wildman–Crippen LogP) is 2.92. The maximum Gasteiger partial charge on any atom is 0.290 e. The van der Waals surface area contributed by atoms with Crippen LogP contribution in [-0.4, -0.2) is 73.0 Å². The first-order valence-electron chi connectivity index (χ1n) is 9.79. The lowest BCUT2D eigenvalue weighted by Crippen LogP contribution is -2.36. The number of nitrogens with zero attached hydrogens (tertiary/aromatic N) is 3. The van der Waals surface area contributed by atoms with Crippen LogP contribution >= 0.6 is 11.3 Å². The van der Waals surface area contributed by atoms with Gasteiger partial charge in [0.25, 0.3) is 5.91 Å². The summed E-state index contributed by atoms with van der Waals surface area (Å²) in [4.78, 5) is 34.7. The van der Waals surface area contributed by atoms with Crippen LogP contribution < -0.4 is 9.47 Å². The topological polar surface area (TPSA) is 92.2 Å². The highest BCUT2D eigenvalue weighted by Gasteiger charge is 2.44. The molecule has 0 saturated heterocycles. The van der Waals surface area contributed by atoms with Gasteiger partial charge in [0.15, 0.2) is 17.3 Å². The number of benzene rings is 1. The fraction of sp³-hybridized carbons (Fsp3) is 0.409. The number of thiazole rings is 1. The van der Waals surface area contributed by atoms with Crippen molar-refractivity contribution in [3.63, 3.8) is 0 Å². The summed E-state index contributed by atoms with van der Waals surface area (Å²) in [5.74, 6) is -0.465. The Bertz CT molecular complexity index is 1040. The number of likely N-dealkylation sites (N-methyl/N-ethyl adjacent to an activating group) is 1. The number of aliphatic hydroxyl groups is 1. The minimum Gasteiger partial charge on any atom is -0.503 e. The van der Waals surface area contributed by atoms with Crippen LogP contribution in [0.2, 0.25) is 0 Å². The molecule has 0 fully saturated rings. The van der Waals surface area contributed by atoms with Crippen molar-refractivity contribution in [2.24, 2.45) is 0 Å². The number of hydrogen-bond donors (Lipinski definition) is 1. The van der Waals surface area contributed by atoms with Gasteiger partial charge in [-0.2, -0.15) is 0 Å². The largest absolute Gasteiger partial charge is 0.503 e. The Morgan fingerprint density at radius 3 is 2.45 bits per heavy atom. The third-order valence-corrected chi connectivity index (χ3v) is 6.24. The monoisotopic (exact) mass is 445 g/mol. The molecule has 166 valence electrons. The molecule has 1 amide bonds. The summed E-state index contributed by atoms with van der Waals surface area (Å²) < 4.78 is 10.7. The number of carbonyl (C=O) groups excluding carboxylic acids is 2. The van der Waals surface area contributed by atoms with Crippen molar-refractivity contribution in [3.8, 4) is 11.5 Å². The lowest BCUT2D eigenvalue weighted by atomic mass is 9.94. The van der Waals surface area contributed by atoms with E-state index < -0.39 is 17.7 Å². The second-order valence-electron chi connectivity index (χ2n) is 7.56. The molecule has 1 aliphatic rings. The van der Waals surface area contributed by atoms with Gasteiger partial charge >= 0.3 is 0 Å². The summed E-state index contributed by atoms with van der Waals surface area (Å²) in [6.07, 6.45) is 0. The molecule has 0 spiro atoms. The van der Waals surface area contributed by atoms with Gasteiger partial charge in [0.1, 0.15) is 0 Å². The standard InChI is InChI=1S/C22H27N3O5S/c1-12-21(31-13(2)23-12)19(26)17-18(14-7-8-15(29-5)16(11-14)30-6)25(10-9-24(3)4)22(28)20(17)27/h7-8,11,18,27H,9-10H2,1-6H3/t18-/m0/s1. The zero-order valence-corrected chi connectivity index (χ0v) is 19.4. The first-order valence-corrected chi connectivity index (χ1v) is 10.6. The summed E-state index contributed by atoms with van der Waals surface area (Å²) in [6, 6.07) is 4.48. The highest BCUT2D eigenvalue weighted by atomic mass is 32.1. The van der Waals surface area contributed by atoms with E-state index >= 15 is 0 Å². The van der Waals surface area contributed by atoms with Gasteiger partial charge in [-0.3, -0.25) is 9.59 Å². The molecule has 0 unspecified atom stereocenters. The summed E-state index contributed by atoms with van der Waals surface area (Å²) in [5, 5.41) is 11.5. The molecule has 2 aromatic rings. The Morgan fingerprint density at radius 1 is 1.23 bits per heavy atom. The SMILES string of the molecule is COc1ccc([C@H]2C(C(=O)c3sc(C)nc3C)=C(O)C(=O)N2CCN(C)C)cc1OC. The molecule has 1 N–H and O–H groups in total. The molecule has 2 heterocycles. The van der Waals surface area contributed by atoms with Crippen molar-refractivity contribution in [1.82, 2.24) is 14.8 Å². The molecular formula is C22H27N3O5S. The highest BCUT2D eigenvalue weighted by molar-refractivity contribution is 7.14. The third-order valence-electron chi connectivity index (χ3n) is 5.17. The van der Waals surface area contributed by atoms with Crippen LogP contribution in [0.25, 0.3) is 0 Å². The Hall–Kier alpha value is -2.91. The number of amides is 1. The van der Waals surface area contributed by atoms with Gasteiger partial charge in [-0.15, -0.1) is 11.3 Å². The van der Waals surface area contributed by atoms with Crippen LogP contribution in [0.4, 0.5) is 0 Å². The maximum absolute atomic E-state index is 13.5. The number of ketones is 1. The van der Waals surface area contributed by atoms with Crippen molar-refractivity contribution >= 4 is 23.0 Å². The van der Waals surface area contributed by atoms with Crippen LogP contribution in [0, 0.1) is 13.8 Å². The Kier molecular flexibility index (Phi) is 6.66. The molecule has 8 nitrogen and oxygen atoms in total. The molecule has 1 aliphatic heterocycles. The molecule has 0 saturated carbocycles. The molecule has 0 aliphatic carbocycles. The van der Waals surface area contributed by atoms with Crippen molar-refractivity contribution in [2.75, 3.05) is 41.4 Å². The normalized spacial score (nSPS) is 16.4. The van der Waals surface area contributed by atoms with Gasteiger partial charge < -0.3 is 24.4 Å². The molecule has 1 atom stereocenters. The van der Waals surface area contributed by atoms with Crippen molar-refractivity contribution in [1.29, 1.82) is 0 Å². The number of aryl methyl sites for hydroxylation is 2. The molecule has 0 radical (unpaired) electrons. The van der Waals surface area contributed by atoms with Gasteiger partial charge in [0, 0.05) is 13.1 Å². The van der Waals surface area contributed by atoms with E-state index in [-0.39, 0.29) is 11.4 Å². The van der Waals surface area contributed by atoms with Gasteiger partial charge in [-0.1, -0.05) is 6.07 Å². The van der Waals surface area contributed by atoms with Crippen LogP contribution in [0.3, 0.4) is 0 Å². The Morgan fingerprint density at radius 2 is 1.90 bits per heavy atom. The smallest absolute Gasteiger partial charge is 0.290 e. The zero-order valence-electron chi connectivity index (χ0n) is 18.6. The number of methoxy groups -OCH3 is 2. The van der Waals surface area contributed by atoms with Crippen molar-refractivity contribution < 1.29 is 24.2 Å². The van der Waals surface area contributed by atoms with E-state index in [9.17, 15) is 14.7 Å². The lowest BCUT2D eigenvalue weighted by molar-refractivity contribution is -0.129. The zero-order chi connectivity index (χ0) is 22.9. The average Bonchev–Trinajstić information content (AvgIpc) is 3.21. The number of hydrogen-bond acceptors (Lipinski definition) is 8. The highest BCUT2D eigenvalue weighted by Crippen LogP contribution is 2.42. The quantitative estimate of drug-likeness (QED) is 0.625. The van der Waals surface area contributed by atoms with Gasteiger partial charge in [0.05, 0.1) is 41.4 Å². The van der Waals surface area contributed by atoms with Crippen LogP contribution in [0.15, 0.2) is 29.5 Å². The molecule has 1 aromatic heterocycles.